The molecule has 0 saturated heterocycles. The van der Waals surface area contributed by atoms with Crippen LogP contribution in [0.5, 0.6) is 5.75 Å². The van der Waals surface area contributed by atoms with Gasteiger partial charge in [0.25, 0.3) is 0 Å². The van der Waals surface area contributed by atoms with E-state index in [2.05, 4.69) is 12.0 Å². The SMILES string of the molecule is CC#COC1C(=O)c2cccc(OCc3ccccc3)c2C1=O. The van der Waals surface area contributed by atoms with Crippen molar-refractivity contribution in [3.05, 3.63) is 65.2 Å². The van der Waals surface area contributed by atoms with Gasteiger partial charge in [-0.2, -0.15) is 0 Å². The van der Waals surface area contributed by atoms with E-state index < -0.39 is 11.9 Å². The summed E-state index contributed by atoms with van der Waals surface area (Å²) in [7, 11) is 0. The molecule has 4 nitrogen and oxygen atoms in total. The number of ketones is 2. The average molecular weight is 306 g/mol. The van der Waals surface area contributed by atoms with Crippen molar-refractivity contribution in [2.75, 3.05) is 0 Å². The quantitative estimate of drug-likeness (QED) is 0.643. The van der Waals surface area contributed by atoms with Crippen LogP contribution in [-0.4, -0.2) is 17.7 Å². The molecule has 0 radical (unpaired) electrons. The van der Waals surface area contributed by atoms with Gasteiger partial charge in [0.05, 0.1) is 5.56 Å². The number of fused-ring (bicyclic) bond motifs is 1. The molecule has 2 aromatic rings. The molecule has 1 atom stereocenters. The van der Waals surface area contributed by atoms with E-state index in [9.17, 15) is 9.59 Å². The molecule has 0 aliphatic heterocycles. The van der Waals surface area contributed by atoms with E-state index in [1.807, 2.05) is 30.3 Å². The lowest BCUT2D eigenvalue weighted by molar-refractivity contribution is 0.0658. The third kappa shape index (κ3) is 2.82. The van der Waals surface area contributed by atoms with Gasteiger partial charge in [-0.25, -0.2) is 0 Å². The molecule has 0 bridgehead atoms. The van der Waals surface area contributed by atoms with E-state index >= 15 is 0 Å². The van der Waals surface area contributed by atoms with Crippen LogP contribution in [0.3, 0.4) is 0 Å². The Kier molecular flexibility index (Phi) is 4.11. The Hall–Kier alpha value is -3.06. The fraction of sp³-hybridized carbons (Fsp3) is 0.158. The highest BCUT2D eigenvalue weighted by Crippen LogP contribution is 2.32. The van der Waals surface area contributed by atoms with Crippen LogP contribution in [0.2, 0.25) is 0 Å². The summed E-state index contributed by atoms with van der Waals surface area (Å²) in [5, 5.41) is 0. The highest BCUT2D eigenvalue weighted by atomic mass is 16.5. The minimum Gasteiger partial charge on any atom is -0.488 e. The van der Waals surface area contributed by atoms with Crippen molar-refractivity contribution in [2.45, 2.75) is 19.6 Å². The molecule has 0 aromatic heterocycles. The van der Waals surface area contributed by atoms with Crippen LogP contribution >= 0.6 is 0 Å². The summed E-state index contributed by atoms with van der Waals surface area (Å²) >= 11 is 0. The molecular formula is C19H14O4. The third-order valence-electron chi connectivity index (χ3n) is 3.53. The van der Waals surface area contributed by atoms with Crippen molar-refractivity contribution >= 4 is 11.6 Å². The second-order valence-electron chi connectivity index (χ2n) is 5.03. The zero-order valence-electron chi connectivity index (χ0n) is 12.5. The van der Waals surface area contributed by atoms with Crippen molar-refractivity contribution in [3.63, 3.8) is 0 Å². The second kappa shape index (κ2) is 6.37. The van der Waals surface area contributed by atoms with Crippen molar-refractivity contribution in [1.82, 2.24) is 0 Å². The molecule has 0 N–H and O–H groups in total. The summed E-state index contributed by atoms with van der Waals surface area (Å²) < 4.78 is 10.8. The van der Waals surface area contributed by atoms with Gasteiger partial charge in [-0.1, -0.05) is 48.4 Å². The fourth-order valence-corrected chi connectivity index (χ4v) is 2.46. The highest BCUT2D eigenvalue weighted by molar-refractivity contribution is 6.29. The maximum Gasteiger partial charge on any atom is 0.235 e. The minimum atomic E-state index is -1.20. The van der Waals surface area contributed by atoms with Crippen LogP contribution in [0, 0.1) is 12.0 Å². The van der Waals surface area contributed by atoms with Gasteiger partial charge in [-0.05, 0) is 11.6 Å². The van der Waals surface area contributed by atoms with Gasteiger partial charge in [-0.3, -0.25) is 9.59 Å². The number of carbonyl (C=O) groups is 2. The molecule has 0 fully saturated rings. The standard InChI is InChI=1S/C19H14O4/c1-2-11-22-19-17(20)14-9-6-10-15(16(14)18(19)21)23-12-13-7-4-3-5-8-13/h3-10,19H,12H2,1H3. The number of ether oxygens (including phenoxy) is 2. The van der Waals surface area contributed by atoms with Crippen molar-refractivity contribution in [1.29, 1.82) is 0 Å². The first-order chi connectivity index (χ1) is 11.2. The van der Waals surface area contributed by atoms with Crippen LogP contribution in [0.25, 0.3) is 0 Å². The zero-order valence-corrected chi connectivity index (χ0v) is 12.5. The minimum absolute atomic E-state index is 0.274. The molecule has 1 aliphatic rings. The average Bonchev–Trinajstić information content (AvgIpc) is 2.84. The number of Topliss-reactive ketones (excluding diaryl/α,β-unsaturated/α-hetero) is 2. The van der Waals surface area contributed by atoms with Gasteiger partial charge in [0.15, 0.2) is 0 Å². The molecule has 0 spiro atoms. The maximum atomic E-state index is 12.5. The van der Waals surface area contributed by atoms with Crippen LogP contribution in [-0.2, 0) is 11.3 Å². The van der Waals surface area contributed by atoms with Gasteiger partial charge in [0.1, 0.15) is 18.5 Å². The molecule has 1 aliphatic carbocycles. The molecule has 0 heterocycles. The predicted molar refractivity (Wildman–Crippen MR) is 84.2 cm³/mol. The smallest absolute Gasteiger partial charge is 0.235 e. The van der Waals surface area contributed by atoms with Gasteiger partial charge < -0.3 is 9.47 Å². The molecule has 0 amide bonds. The first-order valence-corrected chi connectivity index (χ1v) is 7.18. The molecule has 1 unspecified atom stereocenters. The first kappa shape index (κ1) is 14.9. The second-order valence-corrected chi connectivity index (χ2v) is 5.03. The summed E-state index contributed by atoms with van der Waals surface area (Å²) in [5.74, 6) is 2.12. The van der Waals surface area contributed by atoms with E-state index in [0.29, 0.717) is 17.9 Å². The molecule has 4 heteroatoms. The van der Waals surface area contributed by atoms with Crippen molar-refractivity contribution in [3.8, 4) is 17.8 Å². The van der Waals surface area contributed by atoms with Crippen molar-refractivity contribution < 1.29 is 19.1 Å². The monoisotopic (exact) mass is 306 g/mol. The van der Waals surface area contributed by atoms with Gasteiger partial charge in [0, 0.05) is 12.5 Å². The summed E-state index contributed by atoms with van der Waals surface area (Å²) in [6.45, 7) is 1.89. The van der Waals surface area contributed by atoms with E-state index in [1.54, 1.807) is 25.1 Å². The zero-order chi connectivity index (χ0) is 16.2. The molecule has 0 saturated carbocycles. The third-order valence-corrected chi connectivity index (χ3v) is 3.53. The summed E-state index contributed by atoms with van der Waals surface area (Å²) in [6.07, 6.45) is 1.14. The Labute approximate surface area is 134 Å². The van der Waals surface area contributed by atoms with E-state index in [-0.39, 0.29) is 11.3 Å². The lowest BCUT2D eigenvalue weighted by atomic mass is 10.1. The largest absolute Gasteiger partial charge is 0.488 e. The Morgan fingerprint density at radius 3 is 2.52 bits per heavy atom. The van der Waals surface area contributed by atoms with Gasteiger partial charge >= 0.3 is 0 Å². The van der Waals surface area contributed by atoms with Crippen molar-refractivity contribution in [2.24, 2.45) is 0 Å². The van der Waals surface area contributed by atoms with E-state index in [0.717, 1.165) is 5.56 Å². The highest BCUT2D eigenvalue weighted by Gasteiger charge is 2.42. The summed E-state index contributed by atoms with van der Waals surface area (Å²) in [6, 6.07) is 14.6. The van der Waals surface area contributed by atoms with Crippen LogP contribution in [0.15, 0.2) is 48.5 Å². The first-order valence-electron chi connectivity index (χ1n) is 7.18. The van der Waals surface area contributed by atoms with Gasteiger partial charge in [0.2, 0.25) is 17.7 Å². The van der Waals surface area contributed by atoms with E-state index in [4.69, 9.17) is 9.47 Å². The maximum absolute atomic E-state index is 12.5. The molecule has 114 valence electrons. The molecule has 2 aromatic carbocycles. The van der Waals surface area contributed by atoms with Crippen LogP contribution < -0.4 is 4.74 Å². The normalized spacial score (nSPS) is 15.6. The topological polar surface area (TPSA) is 52.6 Å². The lowest BCUT2D eigenvalue weighted by Gasteiger charge is -2.09. The lowest BCUT2D eigenvalue weighted by Crippen LogP contribution is -2.23. The van der Waals surface area contributed by atoms with Crippen LogP contribution in [0.4, 0.5) is 0 Å². The number of hydrogen-bond donors (Lipinski definition) is 0. The fourth-order valence-electron chi connectivity index (χ4n) is 2.46. The van der Waals surface area contributed by atoms with E-state index in [1.165, 1.54) is 0 Å². The van der Waals surface area contributed by atoms with Gasteiger partial charge in [-0.15, -0.1) is 0 Å². The number of rotatable bonds is 4. The Balaban J connectivity index is 1.87. The number of benzene rings is 2. The number of hydrogen-bond acceptors (Lipinski definition) is 4. The Morgan fingerprint density at radius 1 is 1.00 bits per heavy atom. The molecule has 3 rings (SSSR count). The van der Waals surface area contributed by atoms with Crippen LogP contribution in [0.1, 0.15) is 33.2 Å². The Bertz CT molecular complexity index is 812. The predicted octanol–water partition coefficient (Wildman–Crippen LogP) is 3.01. The summed E-state index contributed by atoms with van der Waals surface area (Å²) in [4.78, 5) is 24.7. The number of carbonyl (C=O) groups excluding carboxylic acids is 2. The summed E-state index contributed by atoms with van der Waals surface area (Å²) in [5.41, 5.74) is 1.58. The molecular weight excluding hydrogens is 292 g/mol. The Morgan fingerprint density at radius 2 is 1.78 bits per heavy atom. The molecule has 23 heavy (non-hydrogen) atoms.